The highest BCUT2D eigenvalue weighted by Gasteiger charge is 2.26. The molecule has 0 aliphatic heterocycles. The zero-order valence-corrected chi connectivity index (χ0v) is 21.7. The Morgan fingerprint density at radius 1 is 0.694 bits per heavy atom. The van der Waals surface area contributed by atoms with E-state index in [0.717, 1.165) is 5.56 Å². The van der Waals surface area contributed by atoms with Gasteiger partial charge in [0, 0.05) is 0 Å². The summed E-state index contributed by atoms with van der Waals surface area (Å²) in [6.45, 7) is 7.04. The second kappa shape index (κ2) is 15.0. The fourth-order valence-corrected chi connectivity index (χ4v) is 2.85. The van der Waals surface area contributed by atoms with Crippen LogP contribution in [0.1, 0.15) is 40.2 Å². The lowest BCUT2D eigenvalue weighted by molar-refractivity contribution is -0.133. The van der Waals surface area contributed by atoms with E-state index in [1.807, 2.05) is 6.07 Å². The molecule has 5 amide bonds. The van der Waals surface area contributed by atoms with Crippen LogP contribution < -0.4 is 26.6 Å². The molecule has 0 heterocycles. The Kier molecular flexibility index (Phi) is 12.8. The average molecular weight is 528 g/mol. The van der Waals surface area contributed by atoms with Gasteiger partial charge in [-0.05, 0) is 40.2 Å². The first-order valence-electron chi connectivity index (χ1n) is 11.2. The van der Waals surface area contributed by atoms with Crippen molar-refractivity contribution in [3.63, 3.8) is 0 Å². The van der Waals surface area contributed by atoms with Gasteiger partial charge in [0.15, 0.2) is 8.38 Å². The Balaban J connectivity index is 2.44. The summed E-state index contributed by atoms with van der Waals surface area (Å²) in [4.78, 5) is 79.1. The van der Waals surface area contributed by atoms with Crippen LogP contribution in [0.3, 0.4) is 0 Å². The van der Waals surface area contributed by atoms with Crippen LogP contribution >= 0.6 is 8.38 Å². The highest BCUT2D eigenvalue weighted by molar-refractivity contribution is 7.45. The topological polar surface area (TPSA) is 195 Å². The lowest BCUT2D eigenvalue weighted by Crippen LogP contribution is -2.56. The lowest BCUT2D eigenvalue weighted by Gasteiger charge is -2.22. The molecule has 0 saturated carbocycles. The minimum atomic E-state index is -2.37. The normalized spacial score (nSPS) is 14.9. The summed E-state index contributed by atoms with van der Waals surface area (Å²) in [5.74, 6) is -3.48. The summed E-state index contributed by atoms with van der Waals surface area (Å²) in [5, 5.41) is 12.0. The van der Waals surface area contributed by atoms with Crippen LogP contribution in [-0.2, 0) is 30.5 Å². The zero-order valence-electron chi connectivity index (χ0n) is 20.8. The second-order valence-corrected chi connectivity index (χ2v) is 9.54. The number of amides is 5. The fourth-order valence-electron chi connectivity index (χ4n) is 2.61. The molecule has 0 aliphatic carbocycles. The molecular formula is C22H34N5O8P. The van der Waals surface area contributed by atoms with E-state index in [-0.39, 0.29) is 6.61 Å². The third-order valence-corrected chi connectivity index (χ3v) is 5.72. The average Bonchev–Trinajstić information content (AvgIpc) is 2.82. The summed E-state index contributed by atoms with van der Waals surface area (Å²) >= 11 is 0. The fraction of sp³-hybridized carbons (Fsp3) is 0.500. The summed E-state index contributed by atoms with van der Waals surface area (Å²) in [6.07, 6.45) is -0.800. The molecule has 1 aromatic rings. The third kappa shape index (κ3) is 11.0. The van der Waals surface area contributed by atoms with Gasteiger partial charge >= 0.3 is 6.09 Å². The molecule has 200 valence electrons. The van der Waals surface area contributed by atoms with Crippen LogP contribution in [-0.4, -0.2) is 69.5 Å². The van der Waals surface area contributed by atoms with Crippen LogP contribution in [0.15, 0.2) is 30.3 Å². The molecule has 0 unspecified atom stereocenters. The summed E-state index contributed by atoms with van der Waals surface area (Å²) in [6, 6.07) is 4.92. The Morgan fingerprint density at radius 3 is 1.50 bits per heavy atom. The Hall–Kier alpha value is -3.28. The first-order valence-corrected chi connectivity index (χ1v) is 12.5. The number of ether oxygens (including phenoxy) is 1. The van der Waals surface area contributed by atoms with Crippen LogP contribution in [0.5, 0.6) is 0 Å². The molecule has 0 spiro atoms. The maximum Gasteiger partial charge on any atom is 0.408 e. The molecular weight excluding hydrogens is 493 g/mol. The molecule has 1 rings (SSSR count). The van der Waals surface area contributed by atoms with Gasteiger partial charge in [-0.15, -0.1) is 0 Å². The number of alkyl carbamates (subject to hydrolysis) is 1. The summed E-state index contributed by atoms with van der Waals surface area (Å²) in [7, 11) is -2.37. The molecule has 14 heteroatoms. The van der Waals surface area contributed by atoms with Gasteiger partial charge in [-0.25, -0.2) is 4.79 Å². The van der Waals surface area contributed by atoms with Crippen molar-refractivity contribution in [2.75, 3.05) is 0 Å². The van der Waals surface area contributed by atoms with Crippen molar-refractivity contribution in [2.45, 2.75) is 71.2 Å². The van der Waals surface area contributed by atoms with Crippen molar-refractivity contribution >= 4 is 38.1 Å². The van der Waals surface area contributed by atoms with Crippen LogP contribution in [0.25, 0.3) is 0 Å². The monoisotopic (exact) mass is 527 g/mol. The molecule has 0 radical (unpaired) electrons. The van der Waals surface area contributed by atoms with Crippen LogP contribution in [0.2, 0.25) is 0 Å². The molecule has 0 bridgehead atoms. The number of carbonyl (C=O) groups is 5. The molecule has 5 atom stereocenters. The Bertz CT molecular complexity index is 917. The largest absolute Gasteiger partial charge is 0.445 e. The molecule has 0 saturated heterocycles. The summed E-state index contributed by atoms with van der Waals surface area (Å²) < 4.78 is 5.06. The van der Waals surface area contributed by atoms with Gasteiger partial charge in [0.2, 0.25) is 23.6 Å². The number of benzene rings is 1. The van der Waals surface area contributed by atoms with Crippen LogP contribution in [0.4, 0.5) is 4.79 Å². The van der Waals surface area contributed by atoms with E-state index >= 15 is 0 Å². The molecule has 0 aliphatic rings. The predicted molar refractivity (Wildman–Crippen MR) is 131 cm³/mol. The van der Waals surface area contributed by atoms with Gasteiger partial charge in [-0.1, -0.05) is 30.3 Å². The van der Waals surface area contributed by atoms with E-state index in [2.05, 4.69) is 26.6 Å². The number of carbonyl (C=O) groups excluding carboxylic acids is 5. The highest BCUT2D eigenvalue weighted by Crippen LogP contribution is 2.28. The Morgan fingerprint density at radius 2 is 1.08 bits per heavy atom. The minimum absolute atomic E-state index is 0.0310. The van der Waals surface area contributed by atoms with Crippen molar-refractivity contribution in [3.8, 4) is 0 Å². The van der Waals surface area contributed by atoms with E-state index < -0.39 is 68.0 Å². The van der Waals surface area contributed by atoms with Crippen molar-refractivity contribution in [1.29, 1.82) is 0 Å². The molecule has 1 aromatic carbocycles. The molecule has 13 nitrogen and oxygen atoms in total. The van der Waals surface area contributed by atoms with Gasteiger partial charge in [-0.3, -0.25) is 19.2 Å². The number of nitrogens with one attached hydrogen (secondary N) is 5. The van der Waals surface area contributed by atoms with E-state index in [9.17, 15) is 24.0 Å². The van der Waals surface area contributed by atoms with Crippen molar-refractivity contribution in [3.05, 3.63) is 35.9 Å². The maximum atomic E-state index is 12.4. The maximum absolute atomic E-state index is 12.4. The van der Waals surface area contributed by atoms with Gasteiger partial charge in [-0.2, -0.15) is 0 Å². The van der Waals surface area contributed by atoms with Crippen molar-refractivity contribution in [2.24, 2.45) is 0 Å². The second-order valence-electron chi connectivity index (χ2n) is 8.12. The van der Waals surface area contributed by atoms with E-state index in [1.54, 1.807) is 24.3 Å². The van der Waals surface area contributed by atoms with Crippen molar-refractivity contribution in [1.82, 2.24) is 26.6 Å². The smallest absolute Gasteiger partial charge is 0.408 e. The van der Waals surface area contributed by atoms with Crippen molar-refractivity contribution < 1.29 is 38.5 Å². The van der Waals surface area contributed by atoms with E-state index in [4.69, 9.17) is 14.5 Å². The zero-order chi connectivity index (χ0) is 27.4. The third-order valence-electron chi connectivity index (χ3n) is 4.89. The minimum Gasteiger partial charge on any atom is -0.445 e. The quantitative estimate of drug-likeness (QED) is 0.178. The van der Waals surface area contributed by atoms with Gasteiger partial charge in [0.05, 0.1) is 5.78 Å². The number of rotatable bonds is 12. The lowest BCUT2D eigenvalue weighted by atomic mass is 10.2. The van der Waals surface area contributed by atoms with Gasteiger partial charge in [0.1, 0.15) is 30.8 Å². The first kappa shape index (κ1) is 30.8. The number of hydrogen-bond acceptors (Lipinski definition) is 8. The first-order chi connectivity index (χ1) is 16.8. The van der Waals surface area contributed by atoms with Crippen LogP contribution in [0, 0.1) is 0 Å². The van der Waals surface area contributed by atoms with Gasteiger partial charge in [0.25, 0.3) is 0 Å². The molecule has 0 fully saturated rings. The standard InChI is InChI=1S/C22H34N5O8P/c1-12(19(29)25-14(3)21(31)27-16(5)36(33)34)23-18(28)13(2)24-20(30)15(4)26-22(32)35-11-17-9-7-6-8-10-17/h6-10,12-16,33-34H,11H2,1-5H3,(H,23,28)(H,24,30)(H,25,29)(H,26,32)(H,27,31)/t12-,13-,14-,15-,16+/m0/s1. The molecule has 7 N–H and O–H groups in total. The Labute approximate surface area is 210 Å². The van der Waals surface area contributed by atoms with E-state index in [0.29, 0.717) is 0 Å². The van der Waals surface area contributed by atoms with E-state index in [1.165, 1.54) is 34.6 Å². The highest BCUT2D eigenvalue weighted by atomic mass is 31.2. The predicted octanol–water partition coefficient (Wildman–Crippen LogP) is -0.426. The summed E-state index contributed by atoms with van der Waals surface area (Å²) in [5.41, 5.74) is 0.780. The SMILES string of the molecule is C[C@H](NC(=O)OCc1ccccc1)C(=O)N[C@@H](C)C(=O)N[C@@H](C)C(=O)N[C@@H](C)C(=O)N[C@@H](C)P(O)O. The van der Waals surface area contributed by atoms with Gasteiger partial charge < -0.3 is 41.1 Å². The molecule has 36 heavy (non-hydrogen) atoms. The number of hydrogen-bond donors (Lipinski definition) is 7. The molecule has 0 aromatic heterocycles.